The second kappa shape index (κ2) is 7.28. The van der Waals surface area contributed by atoms with E-state index in [0.717, 1.165) is 12.1 Å². The molecule has 0 bridgehead atoms. The van der Waals surface area contributed by atoms with Crippen molar-refractivity contribution in [3.63, 3.8) is 0 Å². The van der Waals surface area contributed by atoms with Crippen LogP contribution in [0.15, 0.2) is 29.2 Å². The van der Waals surface area contributed by atoms with Crippen LogP contribution in [0.1, 0.15) is 20.3 Å². The van der Waals surface area contributed by atoms with E-state index in [4.69, 9.17) is 4.74 Å². The van der Waals surface area contributed by atoms with Crippen molar-refractivity contribution in [1.82, 2.24) is 0 Å². The molecule has 112 valence electrons. The van der Waals surface area contributed by atoms with Crippen molar-refractivity contribution in [1.29, 1.82) is 0 Å². The zero-order valence-electron chi connectivity index (χ0n) is 12.1. The van der Waals surface area contributed by atoms with E-state index in [2.05, 4.69) is 0 Å². The standard InChI is InChI=1S/C14H21NO4S/c1-4-10-15(11-14(16)19-5-2)12-6-8-13(9-7-12)20(3,17)18/h6-9H,4-5,10-11H2,1-3H3. The number of sulfone groups is 1. The molecular weight excluding hydrogens is 278 g/mol. The summed E-state index contributed by atoms with van der Waals surface area (Å²) < 4.78 is 27.8. The molecule has 20 heavy (non-hydrogen) atoms. The van der Waals surface area contributed by atoms with E-state index < -0.39 is 9.84 Å². The SMILES string of the molecule is CCCN(CC(=O)OCC)c1ccc(S(C)(=O)=O)cc1. The van der Waals surface area contributed by atoms with Crippen molar-refractivity contribution in [3.05, 3.63) is 24.3 Å². The number of carbonyl (C=O) groups is 1. The molecule has 0 aliphatic carbocycles. The lowest BCUT2D eigenvalue weighted by atomic mass is 10.2. The predicted molar refractivity (Wildman–Crippen MR) is 78.7 cm³/mol. The number of nitrogens with zero attached hydrogens (tertiary/aromatic N) is 1. The van der Waals surface area contributed by atoms with Gasteiger partial charge in [0.25, 0.3) is 0 Å². The average molecular weight is 299 g/mol. The fourth-order valence-electron chi connectivity index (χ4n) is 1.84. The molecule has 6 heteroatoms. The molecule has 1 aromatic carbocycles. The molecule has 0 radical (unpaired) electrons. The Hall–Kier alpha value is -1.56. The summed E-state index contributed by atoms with van der Waals surface area (Å²) in [6.45, 7) is 5.01. The maximum Gasteiger partial charge on any atom is 0.325 e. The van der Waals surface area contributed by atoms with Gasteiger partial charge in [-0.05, 0) is 37.6 Å². The van der Waals surface area contributed by atoms with Crippen molar-refractivity contribution < 1.29 is 17.9 Å². The summed E-state index contributed by atoms with van der Waals surface area (Å²) in [5.74, 6) is -0.284. The molecule has 0 heterocycles. The van der Waals surface area contributed by atoms with E-state index in [-0.39, 0.29) is 17.4 Å². The predicted octanol–water partition coefficient (Wildman–Crippen LogP) is 1.87. The van der Waals surface area contributed by atoms with E-state index in [1.165, 1.54) is 6.26 Å². The lowest BCUT2D eigenvalue weighted by Gasteiger charge is -2.23. The first-order valence-corrected chi connectivity index (χ1v) is 8.48. The third-order valence-electron chi connectivity index (χ3n) is 2.75. The van der Waals surface area contributed by atoms with Crippen molar-refractivity contribution in [2.75, 3.05) is 30.9 Å². The number of esters is 1. The molecule has 1 rings (SSSR count). The summed E-state index contributed by atoms with van der Waals surface area (Å²) in [6.07, 6.45) is 2.05. The summed E-state index contributed by atoms with van der Waals surface area (Å²) >= 11 is 0. The zero-order chi connectivity index (χ0) is 15.2. The fraction of sp³-hybridized carbons (Fsp3) is 0.500. The molecule has 0 aromatic heterocycles. The highest BCUT2D eigenvalue weighted by atomic mass is 32.2. The molecule has 1 aromatic rings. The molecule has 0 saturated heterocycles. The lowest BCUT2D eigenvalue weighted by molar-refractivity contribution is -0.141. The van der Waals surface area contributed by atoms with Gasteiger partial charge in [-0.3, -0.25) is 4.79 Å². The van der Waals surface area contributed by atoms with Crippen LogP contribution >= 0.6 is 0 Å². The van der Waals surface area contributed by atoms with Gasteiger partial charge < -0.3 is 9.64 Å². The van der Waals surface area contributed by atoms with Gasteiger partial charge in [-0.15, -0.1) is 0 Å². The summed E-state index contributed by atoms with van der Waals surface area (Å²) in [5.41, 5.74) is 0.812. The summed E-state index contributed by atoms with van der Waals surface area (Å²) in [7, 11) is -3.20. The highest BCUT2D eigenvalue weighted by Gasteiger charge is 2.13. The van der Waals surface area contributed by atoms with Crippen LogP contribution in [0.5, 0.6) is 0 Å². The van der Waals surface area contributed by atoms with Crippen LogP contribution in [0.4, 0.5) is 5.69 Å². The number of ether oxygens (including phenoxy) is 1. The maximum absolute atomic E-state index is 11.6. The molecule has 0 saturated carbocycles. The van der Waals surface area contributed by atoms with E-state index in [9.17, 15) is 13.2 Å². The minimum Gasteiger partial charge on any atom is -0.465 e. The van der Waals surface area contributed by atoms with Crippen LogP contribution < -0.4 is 4.90 Å². The van der Waals surface area contributed by atoms with Gasteiger partial charge in [0, 0.05) is 18.5 Å². The van der Waals surface area contributed by atoms with Crippen molar-refractivity contribution in [3.8, 4) is 0 Å². The lowest BCUT2D eigenvalue weighted by Crippen LogP contribution is -2.31. The van der Waals surface area contributed by atoms with Crippen molar-refractivity contribution in [2.45, 2.75) is 25.2 Å². The Morgan fingerprint density at radius 2 is 1.80 bits per heavy atom. The van der Waals surface area contributed by atoms with Crippen LogP contribution in [-0.4, -0.2) is 40.3 Å². The topological polar surface area (TPSA) is 63.7 Å². The first kappa shape index (κ1) is 16.5. The second-order valence-electron chi connectivity index (χ2n) is 4.49. The average Bonchev–Trinajstić information content (AvgIpc) is 2.38. The maximum atomic E-state index is 11.6. The van der Waals surface area contributed by atoms with Gasteiger partial charge >= 0.3 is 5.97 Å². The highest BCUT2D eigenvalue weighted by molar-refractivity contribution is 7.90. The minimum absolute atomic E-state index is 0.167. The molecule has 0 atom stereocenters. The molecule has 0 fully saturated rings. The number of hydrogen-bond donors (Lipinski definition) is 0. The normalized spacial score (nSPS) is 11.2. The van der Waals surface area contributed by atoms with Crippen LogP contribution in [0.2, 0.25) is 0 Å². The van der Waals surface area contributed by atoms with Gasteiger partial charge in [0.1, 0.15) is 6.54 Å². The zero-order valence-corrected chi connectivity index (χ0v) is 12.9. The third-order valence-corrected chi connectivity index (χ3v) is 3.88. The van der Waals surface area contributed by atoms with E-state index in [1.54, 1.807) is 31.2 Å². The number of anilines is 1. The quantitative estimate of drug-likeness (QED) is 0.719. The summed E-state index contributed by atoms with van der Waals surface area (Å²) in [4.78, 5) is 13.7. The Labute approximate surface area is 120 Å². The molecule has 0 N–H and O–H groups in total. The largest absolute Gasteiger partial charge is 0.465 e. The fourth-order valence-corrected chi connectivity index (χ4v) is 2.47. The smallest absolute Gasteiger partial charge is 0.325 e. The van der Waals surface area contributed by atoms with Gasteiger partial charge in [-0.2, -0.15) is 0 Å². The molecule has 0 aliphatic rings. The van der Waals surface area contributed by atoms with Crippen LogP contribution in [0.25, 0.3) is 0 Å². The van der Waals surface area contributed by atoms with E-state index in [1.807, 2.05) is 11.8 Å². The Morgan fingerprint density at radius 3 is 2.25 bits per heavy atom. The van der Waals surface area contributed by atoms with E-state index in [0.29, 0.717) is 13.2 Å². The van der Waals surface area contributed by atoms with Gasteiger partial charge in [0.2, 0.25) is 0 Å². The van der Waals surface area contributed by atoms with Gasteiger partial charge in [0.15, 0.2) is 9.84 Å². The Morgan fingerprint density at radius 1 is 1.20 bits per heavy atom. The number of hydrogen-bond acceptors (Lipinski definition) is 5. The molecule has 0 unspecified atom stereocenters. The molecular formula is C14H21NO4S. The Bertz CT molecular complexity index is 537. The molecule has 0 aliphatic heterocycles. The minimum atomic E-state index is -3.20. The molecule has 0 amide bonds. The van der Waals surface area contributed by atoms with E-state index >= 15 is 0 Å². The summed E-state index contributed by atoms with van der Waals surface area (Å²) in [6, 6.07) is 6.54. The second-order valence-corrected chi connectivity index (χ2v) is 6.51. The highest BCUT2D eigenvalue weighted by Crippen LogP contribution is 2.18. The van der Waals surface area contributed by atoms with Crippen LogP contribution in [-0.2, 0) is 19.4 Å². The van der Waals surface area contributed by atoms with Gasteiger partial charge in [-0.1, -0.05) is 6.92 Å². The van der Waals surface area contributed by atoms with Crippen LogP contribution in [0, 0.1) is 0 Å². The van der Waals surface area contributed by atoms with Crippen LogP contribution in [0.3, 0.4) is 0 Å². The monoisotopic (exact) mass is 299 g/mol. The summed E-state index contributed by atoms with van der Waals surface area (Å²) in [5, 5.41) is 0. The number of carbonyl (C=O) groups excluding carboxylic acids is 1. The molecule has 0 spiro atoms. The first-order valence-electron chi connectivity index (χ1n) is 6.59. The Kier molecular flexibility index (Phi) is 6.01. The van der Waals surface area contributed by atoms with Gasteiger partial charge in [-0.25, -0.2) is 8.42 Å². The van der Waals surface area contributed by atoms with Crippen molar-refractivity contribution in [2.24, 2.45) is 0 Å². The van der Waals surface area contributed by atoms with Crippen molar-refractivity contribution >= 4 is 21.5 Å². The molecule has 5 nitrogen and oxygen atoms in total. The Balaban J connectivity index is 2.89. The first-order chi connectivity index (χ1) is 9.38. The van der Waals surface area contributed by atoms with Gasteiger partial charge in [0.05, 0.1) is 11.5 Å². The number of rotatable bonds is 7. The number of benzene rings is 1. The third kappa shape index (κ3) is 4.85.